The van der Waals surface area contributed by atoms with Gasteiger partial charge in [0.1, 0.15) is 5.75 Å². The molecule has 21 heavy (non-hydrogen) atoms. The van der Waals surface area contributed by atoms with Crippen molar-refractivity contribution in [2.45, 2.75) is 19.4 Å². The van der Waals surface area contributed by atoms with Gasteiger partial charge in [0.2, 0.25) is 5.91 Å². The third kappa shape index (κ3) is 6.23. The largest absolute Gasteiger partial charge is 0.495 e. The van der Waals surface area contributed by atoms with E-state index in [0.29, 0.717) is 36.3 Å². The average molecular weight is 314 g/mol. The number of nitrogens with one attached hydrogen (secondary N) is 2. The molecule has 118 valence electrons. The number of hydrogen-bond donors (Lipinski definition) is 2. The van der Waals surface area contributed by atoms with E-state index >= 15 is 0 Å². The topological polar surface area (TPSA) is 53.6 Å². The SMILES string of the molecule is COc1ccc(Cl)cc1NCCC(=O)NC[C@H](C)N(C)C. The molecule has 0 heterocycles. The molecular weight excluding hydrogens is 290 g/mol. The van der Waals surface area contributed by atoms with E-state index in [1.165, 1.54) is 0 Å². The average Bonchev–Trinajstić information content (AvgIpc) is 2.44. The minimum Gasteiger partial charge on any atom is -0.495 e. The molecule has 0 saturated heterocycles. The van der Waals surface area contributed by atoms with Crippen molar-refractivity contribution in [1.29, 1.82) is 0 Å². The summed E-state index contributed by atoms with van der Waals surface area (Å²) < 4.78 is 5.24. The second kappa shape index (κ2) is 8.74. The summed E-state index contributed by atoms with van der Waals surface area (Å²) in [7, 11) is 5.58. The van der Waals surface area contributed by atoms with Crippen LogP contribution in [0.5, 0.6) is 5.75 Å². The van der Waals surface area contributed by atoms with Gasteiger partial charge in [-0.3, -0.25) is 4.79 Å². The van der Waals surface area contributed by atoms with E-state index in [2.05, 4.69) is 22.5 Å². The van der Waals surface area contributed by atoms with Crippen LogP contribution in [-0.4, -0.2) is 51.1 Å². The number of ether oxygens (including phenoxy) is 1. The van der Waals surface area contributed by atoms with Gasteiger partial charge in [-0.2, -0.15) is 0 Å². The predicted octanol–water partition coefficient (Wildman–Crippen LogP) is 2.22. The number of likely N-dealkylation sites (N-methyl/N-ethyl adjacent to an activating group) is 1. The summed E-state index contributed by atoms with van der Waals surface area (Å²) in [5, 5.41) is 6.71. The van der Waals surface area contributed by atoms with Crippen molar-refractivity contribution in [2.24, 2.45) is 0 Å². The van der Waals surface area contributed by atoms with Crippen LogP contribution in [-0.2, 0) is 4.79 Å². The second-order valence-electron chi connectivity index (χ2n) is 5.14. The number of rotatable bonds is 8. The van der Waals surface area contributed by atoms with Gasteiger partial charge in [-0.25, -0.2) is 0 Å². The fourth-order valence-electron chi connectivity index (χ4n) is 1.66. The minimum atomic E-state index is 0.0252. The first-order valence-electron chi connectivity index (χ1n) is 6.94. The Morgan fingerprint density at radius 3 is 2.76 bits per heavy atom. The van der Waals surface area contributed by atoms with Crippen LogP contribution in [0.15, 0.2) is 18.2 Å². The monoisotopic (exact) mass is 313 g/mol. The molecule has 1 amide bonds. The molecule has 0 radical (unpaired) electrons. The number of benzene rings is 1. The van der Waals surface area contributed by atoms with Crippen molar-refractivity contribution >= 4 is 23.2 Å². The number of methoxy groups -OCH3 is 1. The number of carbonyl (C=O) groups excluding carboxylic acids is 1. The molecule has 1 aromatic rings. The summed E-state index contributed by atoms with van der Waals surface area (Å²) in [6.45, 7) is 3.24. The summed E-state index contributed by atoms with van der Waals surface area (Å²) in [5.74, 6) is 0.734. The third-order valence-corrected chi connectivity index (χ3v) is 3.54. The summed E-state index contributed by atoms with van der Waals surface area (Å²) in [6, 6.07) is 5.66. The maximum atomic E-state index is 11.8. The highest BCUT2D eigenvalue weighted by Gasteiger charge is 2.08. The molecule has 0 unspecified atom stereocenters. The van der Waals surface area contributed by atoms with E-state index in [1.54, 1.807) is 25.3 Å². The number of nitrogens with zero attached hydrogens (tertiary/aromatic N) is 1. The Bertz CT molecular complexity index is 466. The summed E-state index contributed by atoms with van der Waals surface area (Å²) in [4.78, 5) is 13.8. The number of hydrogen-bond acceptors (Lipinski definition) is 4. The Morgan fingerprint density at radius 2 is 2.14 bits per heavy atom. The normalized spacial score (nSPS) is 12.1. The lowest BCUT2D eigenvalue weighted by Crippen LogP contribution is -2.38. The van der Waals surface area contributed by atoms with Gasteiger partial charge in [0.05, 0.1) is 12.8 Å². The van der Waals surface area contributed by atoms with Crippen LogP contribution in [0.25, 0.3) is 0 Å². The zero-order valence-corrected chi connectivity index (χ0v) is 13.8. The van der Waals surface area contributed by atoms with Gasteiger partial charge in [0.15, 0.2) is 0 Å². The molecule has 0 aliphatic heterocycles. The molecule has 0 aliphatic rings. The molecule has 1 rings (SSSR count). The van der Waals surface area contributed by atoms with Crippen molar-refractivity contribution < 1.29 is 9.53 Å². The fourth-order valence-corrected chi connectivity index (χ4v) is 1.83. The Balaban J connectivity index is 2.36. The molecule has 5 nitrogen and oxygen atoms in total. The first kappa shape index (κ1) is 17.6. The van der Waals surface area contributed by atoms with Crippen molar-refractivity contribution in [3.63, 3.8) is 0 Å². The highest BCUT2D eigenvalue weighted by molar-refractivity contribution is 6.30. The molecular formula is C15H24ClN3O2. The molecule has 1 aromatic carbocycles. The van der Waals surface area contributed by atoms with Crippen molar-refractivity contribution in [2.75, 3.05) is 39.6 Å². The highest BCUT2D eigenvalue weighted by atomic mass is 35.5. The smallest absolute Gasteiger partial charge is 0.221 e. The summed E-state index contributed by atoms with van der Waals surface area (Å²) >= 11 is 5.95. The molecule has 0 aliphatic carbocycles. The van der Waals surface area contributed by atoms with E-state index in [1.807, 2.05) is 14.1 Å². The third-order valence-electron chi connectivity index (χ3n) is 3.31. The lowest BCUT2D eigenvalue weighted by Gasteiger charge is -2.20. The molecule has 0 fully saturated rings. The molecule has 1 atom stereocenters. The van der Waals surface area contributed by atoms with Crippen LogP contribution in [0.4, 0.5) is 5.69 Å². The Hall–Kier alpha value is -1.46. The minimum absolute atomic E-state index is 0.0252. The standard InChI is InChI=1S/C15H24ClN3O2/c1-11(19(2)3)10-18-15(20)7-8-17-13-9-12(16)5-6-14(13)21-4/h5-6,9,11,17H,7-8,10H2,1-4H3,(H,18,20)/t11-/m0/s1. The van der Waals surface area contributed by atoms with E-state index in [0.717, 1.165) is 5.69 Å². The van der Waals surface area contributed by atoms with Crippen LogP contribution in [0, 0.1) is 0 Å². The van der Waals surface area contributed by atoms with Crippen LogP contribution < -0.4 is 15.4 Å². The van der Waals surface area contributed by atoms with Gasteiger partial charge in [-0.1, -0.05) is 11.6 Å². The maximum absolute atomic E-state index is 11.8. The van der Waals surface area contributed by atoms with Gasteiger partial charge in [0.25, 0.3) is 0 Å². The maximum Gasteiger partial charge on any atom is 0.221 e. The Morgan fingerprint density at radius 1 is 1.43 bits per heavy atom. The van der Waals surface area contributed by atoms with Crippen LogP contribution in [0.2, 0.25) is 5.02 Å². The zero-order chi connectivity index (χ0) is 15.8. The Kier molecular flexibility index (Phi) is 7.32. The van der Waals surface area contributed by atoms with E-state index in [4.69, 9.17) is 16.3 Å². The zero-order valence-electron chi connectivity index (χ0n) is 13.1. The van der Waals surface area contributed by atoms with Crippen LogP contribution in [0.1, 0.15) is 13.3 Å². The van der Waals surface area contributed by atoms with Gasteiger partial charge in [0, 0.05) is 30.6 Å². The quantitative estimate of drug-likeness (QED) is 0.772. The lowest BCUT2D eigenvalue weighted by molar-refractivity contribution is -0.121. The van der Waals surface area contributed by atoms with Gasteiger partial charge in [-0.15, -0.1) is 0 Å². The Labute approximate surface area is 131 Å². The molecule has 0 aromatic heterocycles. The molecule has 0 saturated carbocycles. The van der Waals surface area contributed by atoms with Crippen molar-refractivity contribution in [3.8, 4) is 5.75 Å². The number of carbonyl (C=O) groups is 1. The van der Waals surface area contributed by atoms with E-state index in [-0.39, 0.29) is 5.91 Å². The molecule has 0 bridgehead atoms. The van der Waals surface area contributed by atoms with E-state index < -0.39 is 0 Å². The molecule has 6 heteroatoms. The first-order chi connectivity index (χ1) is 9.93. The number of amides is 1. The second-order valence-corrected chi connectivity index (χ2v) is 5.57. The number of halogens is 1. The van der Waals surface area contributed by atoms with Gasteiger partial charge >= 0.3 is 0 Å². The van der Waals surface area contributed by atoms with E-state index in [9.17, 15) is 4.79 Å². The fraction of sp³-hybridized carbons (Fsp3) is 0.533. The lowest BCUT2D eigenvalue weighted by atomic mass is 10.2. The van der Waals surface area contributed by atoms with Gasteiger partial charge in [-0.05, 0) is 39.2 Å². The van der Waals surface area contributed by atoms with Crippen molar-refractivity contribution in [1.82, 2.24) is 10.2 Å². The molecule has 0 spiro atoms. The highest BCUT2D eigenvalue weighted by Crippen LogP contribution is 2.27. The van der Waals surface area contributed by atoms with Crippen molar-refractivity contribution in [3.05, 3.63) is 23.2 Å². The molecule has 2 N–H and O–H groups in total. The predicted molar refractivity (Wildman–Crippen MR) is 87.3 cm³/mol. The van der Waals surface area contributed by atoms with Crippen LogP contribution in [0.3, 0.4) is 0 Å². The summed E-state index contributed by atoms with van der Waals surface area (Å²) in [6.07, 6.45) is 0.399. The van der Waals surface area contributed by atoms with Gasteiger partial charge < -0.3 is 20.3 Å². The van der Waals surface area contributed by atoms with Crippen LogP contribution >= 0.6 is 11.6 Å². The number of anilines is 1. The first-order valence-corrected chi connectivity index (χ1v) is 7.32. The summed E-state index contributed by atoms with van der Waals surface area (Å²) in [5.41, 5.74) is 0.791.